The van der Waals surface area contributed by atoms with Crippen LogP contribution in [0.2, 0.25) is 0 Å². The molecule has 2 aromatic heterocycles. The number of hydrogen-bond acceptors (Lipinski definition) is 5. The van der Waals surface area contributed by atoms with Crippen LogP contribution in [0.5, 0.6) is 0 Å². The van der Waals surface area contributed by atoms with Crippen molar-refractivity contribution in [1.82, 2.24) is 4.98 Å². The van der Waals surface area contributed by atoms with E-state index in [1.807, 2.05) is 24.3 Å². The Morgan fingerprint density at radius 2 is 2.00 bits per heavy atom. The van der Waals surface area contributed by atoms with Crippen molar-refractivity contribution in [1.29, 1.82) is 0 Å². The first-order valence-corrected chi connectivity index (χ1v) is 5.90. The van der Waals surface area contributed by atoms with E-state index < -0.39 is 5.97 Å². The maximum Gasteiger partial charge on any atom is 0.371 e. The molecule has 0 aliphatic carbocycles. The molecule has 0 radical (unpaired) electrons. The van der Waals surface area contributed by atoms with Crippen molar-refractivity contribution < 1.29 is 18.7 Å². The van der Waals surface area contributed by atoms with Gasteiger partial charge >= 0.3 is 5.97 Å². The Kier molecular flexibility index (Phi) is 2.56. The molecule has 0 atom stereocenters. The van der Waals surface area contributed by atoms with Crippen molar-refractivity contribution in [3.8, 4) is 0 Å². The Balaban J connectivity index is 1.88. The second kappa shape index (κ2) is 4.23. The minimum atomic E-state index is -1.10. The highest BCUT2D eigenvalue weighted by atomic mass is 32.2. The predicted octanol–water partition coefficient (Wildman–Crippen LogP) is 3.27. The van der Waals surface area contributed by atoms with Gasteiger partial charge in [-0.1, -0.05) is 12.1 Å². The van der Waals surface area contributed by atoms with Crippen LogP contribution >= 0.6 is 11.8 Å². The molecule has 1 N–H and O–H groups in total. The number of hydrogen-bond donors (Lipinski definition) is 1. The van der Waals surface area contributed by atoms with Gasteiger partial charge in [-0.05, 0) is 24.3 Å². The number of carboxylic acid groups (broad SMARTS) is 1. The summed E-state index contributed by atoms with van der Waals surface area (Å²) in [5, 5.41) is 9.59. The molecule has 0 aliphatic rings. The first-order valence-electron chi connectivity index (χ1n) is 5.09. The van der Waals surface area contributed by atoms with E-state index in [9.17, 15) is 4.79 Å². The topological polar surface area (TPSA) is 76.5 Å². The minimum absolute atomic E-state index is 0.103. The lowest BCUT2D eigenvalue weighted by Crippen LogP contribution is -1.91. The summed E-state index contributed by atoms with van der Waals surface area (Å²) in [6, 6.07) is 10.4. The van der Waals surface area contributed by atoms with Crippen LogP contribution in [0.3, 0.4) is 0 Å². The fourth-order valence-corrected chi connectivity index (χ4v) is 2.19. The molecule has 1 aromatic carbocycles. The van der Waals surface area contributed by atoms with Crippen LogP contribution in [-0.2, 0) is 0 Å². The van der Waals surface area contributed by atoms with Crippen molar-refractivity contribution in [2.75, 3.05) is 0 Å². The van der Waals surface area contributed by atoms with E-state index in [0.717, 1.165) is 17.3 Å². The second-order valence-corrected chi connectivity index (χ2v) is 4.43. The lowest BCUT2D eigenvalue weighted by molar-refractivity contribution is 0.0656. The van der Waals surface area contributed by atoms with Gasteiger partial charge in [0.1, 0.15) is 5.52 Å². The molecule has 3 rings (SSSR count). The summed E-state index contributed by atoms with van der Waals surface area (Å²) in [5.74, 6) is -1.20. The van der Waals surface area contributed by atoms with Gasteiger partial charge < -0.3 is 13.9 Å². The SMILES string of the molecule is O=C(O)c1ccc(Sc2nc3ccccc3o2)o1. The van der Waals surface area contributed by atoms with Crippen LogP contribution in [0.15, 0.2) is 55.5 Å². The van der Waals surface area contributed by atoms with Crippen molar-refractivity contribution in [3.63, 3.8) is 0 Å². The molecule has 6 heteroatoms. The third-order valence-electron chi connectivity index (χ3n) is 2.25. The molecule has 0 amide bonds. The molecule has 2 heterocycles. The largest absolute Gasteiger partial charge is 0.475 e. The third kappa shape index (κ3) is 1.98. The van der Waals surface area contributed by atoms with Crippen LogP contribution < -0.4 is 0 Å². The number of fused-ring (bicyclic) bond motifs is 1. The minimum Gasteiger partial charge on any atom is -0.475 e. The van der Waals surface area contributed by atoms with Crippen molar-refractivity contribution in [2.24, 2.45) is 0 Å². The molecule has 0 saturated heterocycles. The maximum atomic E-state index is 10.7. The van der Waals surface area contributed by atoms with Gasteiger partial charge in [-0.25, -0.2) is 9.78 Å². The zero-order valence-corrected chi connectivity index (χ0v) is 9.81. The average Bonchev–Trinajstić information content (AvgIpc) is 2.94. The van der Waals surface area contributed by atoms with Crippen LogP contribution in [0.25, 0.3) is 11.1 Å². The number of oxazole rings is 1. The fraction of sp³-hybridized carbons (Fsp3) is 0. The van der Waals surface area contributed by atoms with Crippen LogP contribution in [0, 0.1) is 0 Å². The number of aromatic carboxylic acids is 1. The number of para-hydroxylation sites is 2. The highest BCUT2D eigenvalue weighted by Crippen LogP contribution is 2.30. The van der Waals surface area contributed by atoms with E-state index >= 15 is 0 Å². The van der Waals surface area contributed by atoms with Crippen LogP contribution in [0.1, 0.15) is 10.6 Å². The molecule has 0 saturated carbocycles. The van der Waals surface area contributed by atoms with E-state index in [-0.39, 0.29) is 5.76 Å². The number of carbonyl (C=O) groups is 1. The number of aromatic nitrogens is 1. The first kappa shape index (κ1) is 10.9. The predicted molar refractivity (Wildman–Crippen MR) is 63.8 cm³/mol. The summed E-state index contributed by atoms with van der Waals surface area (Å²) in [7, 11) is 0. The van der Waals surface area contributed by atoms with E-state index in [1.165, 1.54) is 6.07 Å². The molecule has 3 aromatic rings. The van der Waals surface area contributed by atoms with Gasteiger partial charge in [-0.15, -0.1) is 0 Å². The van der Waals surface area contributed by atoms with E-state index in [4.69, 9.17) is 13.9 Å². The van der Waals surface area contributed by atoms with Crippen molar-refractivity contribution >= 4 is 28.8 Å². The molecular weight excluding hydrogens is 254 g/mol. The monoisotopic (exact) mass is 261 g/mol. The molecule has 0 fully saturated rings. The van der Waals surface area contributed by atoms with Gasteiger partial charge in [0.15, 0.2) is 10.7 Å². The van der Waals surface area contributed by atoms with Crippen molar-refractivity contribution in [3.05, 3.63) is 42.2 Å². The van der Waals surface area contributed by atoms with Crippen molar-refractivity contribution in [2.45, 2.75) is 10.3 Å². The summed E-state index contributed by atoms with van der Waals surface area (Å²) in [4.78, 5) is 14.9. The third-order valence-corrected chi connectivity index (χ3v) is 3.02. The molecule has 0 spiro atoms. The standard InChI is InChI=1S/C12H7NO4S/c14-11(15)9-5-6-10(16-9)18-12-13-7-3-1-2-4-8(7)17-12/h1-6H,(H,14,15). The number of benzene rings is 1. The van der Waals surface area contributed by atoms with E-state index in [0.29, 0.717) is 15.9 Å². The number of nitrogens with zero attached hydrogens (tertiary/aromatic N) is 1. The molecular formula is C12H7NO4S. The molecule has 0 aliphatic heterocycles. The van der Waals surface area contributed by atoms with Gasteiger partial charge in [-0.2, -0.15) is 0 Å². The number of furan rings is 1. The summed E-state index contributed by atoms with van der Waals surface area (Å²) in [6.07, 6.45) is 0. The number of rotatable bonds is 3. The highest BCUT2D eigenvalue weighted by molar-refractivity contribution is 7.99. The van der Waals surface area contributed by atoms with Gasteiger partial charge in [0.05, 0.1) is 0 Å². The smallest absolute Gasteiger partial charge is 0.371 e. The van der Waals surface area contributed by atoms with Gasteiger partial charge in [0.25, 0.3) is 5.22 Å². The Labute approximate surface area is 105 Å². The lowest BCUT2D eigenvalue weighted by atomic mass is 10.3. The normalized spacial score (nSPS) is 10.9. The maximum absolute atomic E-state index is 10.7. The van der Waals surface area contributed by atoms with E-state index in [2.05, 4.69) is 4.98 Å². The molecule has 0 unspecified atom stereocenters. The highest BCUT2D eigenvalue weighted by Gasteiger charge is 2.13. The van der Waals surface area contributed by atoms with Crippen LogP contribution in [-0.4, -0.2) is 16.1 Å². The zero-order valence-electron chi connectivity index (χ0n) is 8.99. The second-order valence-electron chi connectivity index (χ2n) is 3.47. The average molecular weight is 261 g/mol. The fourth-order valence-electron chi connectivity index (χ4n) is 1.47. The molecule has 5 nitrogen and oxygen atoms in total. The summed E-state index contributed by atoms with van der Waals surface area (Å²) in [6.45, 7) is 0. The summed E-state index contributed by atoms with van der Waals surface area (Å²) in [5.41, 5.74) is 1.44. The lowest BCUT2D eigenvalue weighted by Gasteiger charge is -1.89. The Bertz CT molecular complexity index is 683. The molecule has 0 bridgehead atoms. The summed E-state index contributed by atoms with van der Waals surface area (Å²) >= 11 is 1.14. The first-order chi connectivity index (χ1) is 8.72. The van der Waals surface area contributed by atoms with Gasteiger partial charge in [0, 0.05) is 11.8 Å². The summed E-state index contributed by atoms with van der Waals surface area (Å²) < 4.78 is 10.6. The zero-order chi connectivity index (χ0) is 12.5. The molecule has 18 heavy (non-hydrogen) atoms. The Hall–Kier alpha value is -2.21. The Morgan fingerprint density at radius 3 is 2.72 bits per heavy atom. The van der Waals surface area contributed by atoms with Crippen LogP contribution in [0.4, 0.5) is 0 Å². The van der Waals surface area contributed by atoms with Gasteiger partial charge in [-0.3, -0.25) is 0 Å². The quantitative estimate of drug-likeness (QED) is 0.779. The van der Waals surface area contributed by atoms with E-state index in [1.54, 1.807) is 6.07 Å². The molecule has 90 valence electrons. The Morgan fingerprint density at radius 1 is 1.17 bits per heavy atom. The van der Waals surface area contributed by atoms with Gasteiger partial charge in [0.2, 0.25) is 5.76 Å². The number of carboxylic acids is 1.